The van der Waals surface area contributed by atoms with Crippen LogP contribution in [0.25, 0.3) is 0 Å². The second kappa shape index (κ2) is 9.29. The molecule has 0 unspecified atom stereocenters. The van der Waals surface area contributed by atoms with Crippen LogP contribution in [0.4, 0.5) is 5.82 Å². The smallest absolute Gasteiger partial charge is 0.191 e. The van der Waals surface area contributed by atoms with Crippen molar-refractivity contribution in [2.45, 2.75) is 51.0 Å². The van der Waals surface area contributed by atoms with Crippen molar-refractivity contribution in [1.82, 2.24) is 15.6 Å². The average Bonchev–Trinajstić information content (AvgIpc) is 3.27. The first-order valence-corrected chi connectivity index (χ1v) is 11.1. The molecule has 5 heteroatoms. The van der Waals surface area contributed by atoms with E-state index in [-0.39, 0.29) is 5.41 Å². The summed E-state index contributed by atoms with van der Waals surface area (Å²) in [7, 11) is 0. The SMILES string of the molecule is CCNC(=NCc1ccc(N2CCCC2)nc1)NCC1(c2ccccc2)CCC1. The fraction of sp³-hybridized carbons (Fsp3) is 0.500. The summed E-state index contributed by atoms with van der Waals surface area (Å²) in [5.41, 5.74) is 2.83. The van der Waals surface area contributed by atoms with Crippen LogP contribution in [-0.2, 0) is 12.0 Å². The number of rotatable bonds is 7. The third-order valence-electron chi connectivity index (χ3n) is 6.29. The first-order chi connectivity index (χ1) is 14.3. The largest absolute Gasteiger partial charge is 0.357 e. The third-order valence-corrected chi connectivity index (χ3v) is 6.29. The van der Waals surface area contributed by atoms with E-state index in [1.807, 2.05) is 6.20 Å². The normalized spacial score (nSPS) is 18.4. The molecule has 1 aromatic carbocycles. The van der Waals surface area contributed by atoms with Gasteiger partial charge < -0.3 is 15.5 Å². The molecule has 1 saturated heterocycles. The minimum Gasteiger partial charge on any atom is -0.357 e. The number of nitrogens with zero attached hydrogens (tertiary/aromatic N) is 3. The van der Waals surface area contributed by atoms with E-state index in [0.29, 0.717) is 6.54 Å². The molecule has 4 rings (SSSR count). The van der Waals surface area contributed by atoms with Gasteiger partial charge in [-0.3, -0.25) is 0 Å². The van der Waals surface area contributed by atoms with Crippen LogP contribution in [0.15, 0.2) is 53.7 Å². The maximum absolute atomic E-state index is 4.81. The minimum absolute atomic E-state index is 0.246. The van der Waals surface area contributed by atoms with Gasteiger partial charge in [-0.15, -0.1) is 0 Å². The van der Waals surface area contributed by atoms with Crippen LogP contribution in [0.2, 0.25) is 0 Å². The first kappa shape index (κ1) is 19.7. The van der Waals surface area contributed by atoms with E-state index in [2.05, 4.69) is 69.9 Å². The standard InChI is InChI=1S/C24H33N5/c1-2-25-23(28-19-24(13-8-14-24)21-9-4-3-5-10-21)27-18-20-11-12-22(26-17-20)29-15-6-7-16-29/h3-5,9-12,17H,2,6-8,13-16,18-19H2,1H3,(H2,25,27,28). The number of hydrogen-bond donors (Lipinski definition) is 2. The van der Waals surface area contributed by atoms with E-state index in [9.17, 15) is 0 Å². The molecular weight excluding hydrogens is 358 g/mol. The van der Waals surface area contributed by atoms with Gasteiger partial charge in [0.2, 0.25) is 0 Å². The van der Waals surface area contributed by atoms with E-state index < -0.39 is 0 Å². The van der Waals surface area contributed by atoms with E-state index >= 15 is 0 Å². The highest BCUT2D eigenvalue weighted by atomic mass is 15.2. The van der Waals surface area contributed by atoms with Crippen molar-refractivity contribution in [2.24, 2.45) is 4.99 Å². The van der Waals surface area contributed by atoms with Gasteiger partial charge in [0, 0.05) is 37.8 Å². The molecule has 2 N–H and O–H groups in total. The Labute approximate surface area is 174 Å². The molecule has 0 atom stereocenters. The fourth-order valence-corrected chi connectivity index (χ4v) is 4.37. The Morgan fingerprint density at radius 1 is 1.03 bits per heavy atom. The topological polar surface area (TPSA) is 52.6 Å². The monoisotopic (exact) mass is 391 g/mol. The highest BCUT2D eigenvalue weighted by molar-refractivity contribution is 5.79. The molecule has 1 aliphatic heterocycles. The Hall–Kier alpha value is -2.56. The van der Waals surface area contributed by atoms with Crippen molar-refractivity contribution in [1.29, 1.82) is 0 Å². The Balaban J connectivity index is 1.37. The number of benzene rings is 1. The Kier molecular flexibility index (Phi) is 6.33. The average molecular weight is 392 g/mol. The van der Waals surface area contributed by atoms with Gasteiger partial charge in [-0.2, -0.15) is 0 Å². The number of guanidine groups is 1. The summed E-state index contributed by atoms with van der Waals surface area (Å²) < 4.78 is 0. The van der Waals surface area contributed by atoms with Crippen LogP contribution in [0.1, 0.15) is 50.2 Å². The molecule has 0 radical (unpaired) electrons. The zero-order chi connectivity index (χ0) is 19.9. The Bertz CT molecular complexity index is 790. The van der Waals surface area contributed by atoms with Gasteiger partial charge in [-0.1, -0.05) is 42.8 Å². The van der Waals surface area contributed by atoms with Gasteiger partial charge in [0.05, 0.1) is 6.54 Å². The molecule has 29 heavy (non-hydrogen) atoms. The van der Waals surface area contributed by atoms with Gasteiger partial charge in [0.15, 0.2) is 5.96 Å². The molecule has 0 bridgehead atoms. The summed E-state index contributed by atoms with van der Waals surface area (Å²) in [4.78, 5) is 11.8. The summed E-state index contributed by atoms with van der Waals surface area (Å²) in [5.74, 6) is 1.98. The van der Waals surface area contributed by atoms with Crippen molar-refractivity contribution < 1.29 is 0 Å². The number of nitrogens with one attached hydrogen (secondary N) is 2. The number of pyridine rings is 1. The quantitative estimate of drug-likeness (QED) is 0.556. The molecule has 2 aliphatic rings. The van der Waals surface area contributed by atoms with Crippen LogP contribution in [0, 0.1) is 0 Å². The summed E-state index contributed by atoms with van der Waals surface area (Å²) in [5, 5.41) is 6.99. The summed E-state index contributed by atoms with van der Waals surface area (Å²) in [6.45, 7) is 6.79. The van der Waals surface area contributed by atoms with Crippen LogP contribution in [0.3, 0.4) is 0 Å². The molecule has 2 fully saturated rings. The minimum atomic E-state index is 0.246. The zero-order valence-electron chi connectivity index (χ0n) is 17.5. The van der Waals surface area contributed by atoms with E-state index in [1.54, 1.807) is 0 Å². The van der Waals surface area contributed by atoms with Crippen LogP contribution in [-0.4, -0.2) is 37.1 Å². The first-order valence-electron chi connectivity index (χ1n) is 11.1. The predicted molar refractivity (Wildman–Crippen MR) is 120 cm³/mol. The molecule has 2 heterocycles. The van der Waals surface area contributed by atoms with Crippen LogP contribution < -0.4 is 15.5 Å². The number of aromatic nitrogens is 1. The molecular formula is C24H33N5. The Morgan fingerprint density at radius 3 is 2.45 bits per heavy atom. The molecule has 1 saturated carbocycles. The van der Waals surface area contributed by atoms with Crippen LogP contribution in [0.5, 0.6) is 0 Å². The van der Waals surface area contributed by atoms with Crippen molar-refractivity contribution in [3.8, 4) is 0 Å². The predicted octanol–water partition coefficient (Wildman–Crippen LogP) is 3.86. The molecule has 154 valence electrons. The van der Waals surface area contributed by atoms with E-state index in [4.69, 9.17) is 4.99 Å². The van der Waals surface area contributed by atoms with E-state index in [0.717, 1.165) is 43.5 Å². The maximum Gasteiger partial charge on any atom is 0.191 e. The lowest BCUT2D eigenvalue weighted by Gasteiger charge is -2.43. The molecule has 0 spiro atoms. The molecule has 5 nitrogen and oxygen atoms in total. The van der Waals surface area contributed by atoms with Crippen molar-refractivity contribution in [3.63, 3.8) is 0 Å². The van der Waals surface area contributed by atoms with Gasteiger partial charge in [0.1, 0.15) is 5.82 Å². The van der Waals surface area contributed by atoms with Gasteiger partial charge >= 0.3 is 0 Å². The van der Waals surface area contributed by atoms with Crippen molar-refractivity contribution in [2.75, 3.05) is 31.1 Å². The lowest BCUT2D eigenvalue weighted by atomic mass is 9.64. The number of anilines is 1. The molecule has 1 aliphatic carbocycles. The molecule has 0 amide bonds. The van der Waals surface area contributed by atoms with Crippen molar-refractivity contribution >= 4 is 11.8 Å². The maximum atomic E-state index is 4.81. The van der Waals surface area contributed by atoms with Gasteiger partial charge in [-0.25, -0.2) is 9.98 Å². The number of hydrogen-bond acceptors (Lipinski definition) is 3. The highest BCUT2D eigenvalue weighted by Crippen LogP contribution is 2.43. The lowest BCUT2D eigenvalue weighted by Crippen LogP contribution is -2.48. The fourth-order valence-electron chi connectivity index (χ4n) is 4.37. The number of aliphatic imine (C=N–C) groups is 1. The second-order valence-electron chi connectivity index (χ2n) is 8.27. The highest BCUT2D eigenvalue weighted by Gasteiger charge is 2.38. The summed E-state index contributed by atoms with van der Waals surface area (Å²) in [6.07, 6.45) is 8.31. The van der Waals surface area contributed by atoms with E-state index in [1.165, 1.54) is 37.7 Å². The Morgan fingerprint density at radius 2 is 1.83 bits per heavy atom. The van der Waals surface area contributed by atoms with Gasteiger partial charge in [0.25, 0.3) is 0 Å². The van der Waals surface area contributed by atoms with Crippen molar-refractivity contribution in [3.05, 3.63) is 59.8 Å². The van der Waals surface area contributed by atoms with Crippen LogP contribution >= 0.6 is 0 Å². The summed E-state index contributed by atoms with van der Waals surface area (Å²) >= 11 is 0. The third kappa shape index (κ3) is 4.72. The summed E-state index contributed by atoms with van der Waals surface area (Å²) in [6, 6.07) is 15.2. The second-order valence-corrected chi connectivity index (χ2v) is 8.27. The lowest BCUT2D eigenvalue weighted by molar-refractivity contribution is 0.244. The molecule has 1 aromatic heterocycles. The zero-order valence-corrected chi connectivity index (χ0v) is 17.5. The molecule has 2 aromatic rings. The van der Waals surface area contributed by atoms with Gasteiger partial charge in [-0.05, 0) is 49.8 Å².